The third-order valence-electron chi connectivity index (χ3n) is 2.77. The van der Waals surface area contributed by atoms with Crippen LogP contribution in [0.2, 0.25) is 0 Å². The summed E-state index contributed by atoms with van der Waals surface area (Å²) in [6.45, 7) is 8.06. The molecular formula is C12H18F2N2. The first-order valence-corrected chi connectivity index (χ1v) is 5.23. The summed E-state index contributed by atoms with van der Waals surface area (Å²) in [7, 11) is 0. The maximum atomic E-state index is 13.2. The Kier molecular flexibility index (Phi) is 3.41. The van der Waals surface area contributed by atoms with E-state index in [4.69, 9.17) is 5.73 Å². The molecule has 4 heteroatoms. The zero-order valence-electron chi connectivity index (χ0n) is 10.1. The molecule has 1 atom stereocenters. The minimum absolute atomic E-state index is 0.0186. The van der Waals surface area contributed by atoms with E-state index in [1.165, 1.54) is 6.07 Å². The second kappa shape index (κ2) is 4.28. The van der Waals surface area contributed by atoms with Gasteiger partial charge in [-0.15, -0.1) is 0 Å². The van der Waals surface area contributed by atoms with Gasteiger partial charge >= 0.3 is 0 Å². The second-order valence-electron chi connectivity index (χ2n) is 5.08. The fourth-order valence-corrected chi connectivity index (χ4v) is 1.15. The van der Waals surface area contributed by atoms with E-state index < -0.39 is 11.6 Å². The Balaban J connectivity index is 2.98. The minimum Gasteiger partial charge on any atom is -0.395 e. The van der Waals surface area contributed by atoms with E-state index in [2.05, 4.69) is 5.32 Å². The third-order valence-corrected chi connectivity index (χ3v) is 2.77. The second-order valence-corrected chi connectivity index (χ2v) is 5.08. The van der Waals surface area contributed by atoms with Crippen LogP contribution in [0.3, 0.4) is 0 Å². The van der Waals surface area contributed by atoms with Gasteiger partial charge in [0.15, 0.2) is 5.82 Å². The molecule has 0 heterocycles. The molecule has 0 aromatic heterocycles. The molecular weight excluding hydrogens is 210 g/mol. The van der Waals surface area contributed by atoms with Gasteiger partial charge in [-0.2, -0.15) is 0 Å². The maximum absolute atomic E-state index is 13.2. The lowest BCUT2D eigenvalue weighted by molar-refractivity contribution is 0.359. The van der Waals surface area contributed by atoms with Gasteiger partial charge in [0, 0.05) is 12.1 Å². The molecule has 0 saturated carbocycles. The smallest absolute Gasteiger partial charge is 0.151 e. The van der Waals surface area contributed by atoms with Gasteiger partial charge in [-0.05, 0) is 18.4 Å². The van der Waals surface area contributed by atoms with E-state index in [1.54, 1.807) is 0 Å². The number of hydrogen-bond donors (Lipinski definition) is 2. The highest BCUT2D eigenvalue weighted by atomic mass is 19.1. The first-order valence-electron chi connectivity index (χ1n) is 5.23. The highest BCUT2D eigenvalue weighted by Crippen LogP contribution is 2.28. The topological polar surface area (TPSA) is 38.0 Å². The van der Waals surface area contributed by atoms with E-state index >= 15 is 0 Å². The number of benzene rings is 1. The molecule has 1 aromatic rings. The van der Waals surface area contributed by atoms with Crippen molar-refractivity contribution in [3.8, 4) is 0 Å². The summed E-state index contributed by atoms with van der Waals surface area (Å²) in [5.41, 5.74) is 5.78. The molecule has 0 saturated heterocycles. The van der Waals surface area contributed by atoms with E-state index in [0.717, 1.165) is 6.07 Å². The summed E-state index contributed by atoms with van der Waals surface area (Å²) in [4.78, 5) is 0. The monoisotopic (exact) mass is 228 g/mol. The van der Waals surface area contributed by atoms with Gasteiger partial charge in [0.05, 0.1) is 11.4 Å². The number of nitrogen functional groups attached to an aromatic ring is 1. The van der Waals surface area contributed by atoms with Crippen LogP contribution in [-0.2, 0) is 0 Å². The highest BCUT2D eigenvalue weighted by Gasteiger charge is 2.21. The molecule has 0 amide bonds. The normalized spacial score (nSPS) is 13.6. The average Bonchev–Trinajstić information content (AvgIpc) is 2.11. The van der Waals surface area contributed by atoms with Crippen LogP contribution in [-0.4, -0.2) is 6.04 Å². The quantitative estimate of drug-likeness (QED) is 0.761. The SMILES string of the molecule is CC(Nc1cc(F)cc(F)c1N)C(C)(C)C. The number of nitrogens with two attached hydrogens (primary N) is 1. The molecule has 16 heavy (non-hydrogen) atoms. The average molecular weight is 228 g/mol. The van der Waals surface area contributed by atoms with Gasteiger partial charge in [-0.25, -0.2) is 8.78 Å². The number of anilines is 2. The van der Waals surface area contributed by atoms with Gasteiger partial charge < -0.3 is 11.1 Å². The van der Waals surface area contributed by atoms with E-state index in [9.17, 15) is 8.78 Å². The van der Waals surface area contributed by atoms with Crippen LogP contribution in [0.15, 0.2) is 12.1 Å². The number of nitrogens with one attached hydrogen (secondary N) is 1. The Morgan fingerprint density at radius 2 is 1.81 bits per heavy atom. The van der Waals surface area contributed by atoms with Crippen molar-refractivity contribution in [3.05, 3.63) is 23.8 Å². The van der Waals surface area contributed by atoms with Crippen molar-refractivity contribution in [1.29, 1.82) is 0 Å². The zero-order valence-corrected chi connectivity index (χ0v) is 10.1. The number of hydrogen-bond acceptors (Lipinski definition) is 2. The highest BCUT2D eigenvalue weighted by molar-refractivity contribution is 5.67. The molecule has 2 nitrogen and oxygen atoms in total. The summed E-state index contributed by atoms with van der Waals surface area (Å²) in [5.74, 6) is -1.36. The Hall–Kier alpha value is -1.32. The molecule has 1 aromatic carbocycles. The van der Waals surface area contributed by atoms with E-state index in [1.807, 2.05) is 27.7 Å². The van der Waals surface area contributed by atoms with Gasteiger partial charge in [0.1, 0.15) is 5.82 Å². The summed E-state index contributed by atoms with van der Waals surface area (Å²) < 4.78 is 26.2. The molecule has 1 unspecified atom stereocenters. The van der Waals surface area contributed by atoms with Gasteiger partial charge in [0.25, 0.3) is 0 Å². The van der Waals surface area contributed by atoms with Crippen molar-refractivity contribution in [2.24, 2.45) is 5.41 Å². The summed E-state index contributed by atoms with van der Waals surface area (Å²) in [6, 6.07) is 2.04. The van der Waals surface area contributed by atoms with Gasteiger partial charge in [0.2, 0.25) is 0 Å². The van der Waals surface area contributed by atoms with Gasteiger partial charge in [-0.1, -0.05) is 20.8 Å². The summed E-state index contributed by atoms with van der Waals surface area (Å²) >= 11 is 0. The first-order chi connectivity index (χ1) is 7.21. The van der Waals surface area contributed by atoms with Crippen molar-refractivity contribution in [3.63, 3.8) is 0 Å². The Labute approximate surface area is 94.8 Å². The molecule has 3 N–H and O–H groups in total. The lowest BCUT2D eigenvalue weighted by atomic mass is 9.88. The lowest BCUT2D eigenvalue weighted by Gasteiger charge is -2.29. The standard InChI is InChI=1S/C12H18F2N2/c1-7(12(2,3)4)16-10-6-8(13)5-9(14)11(10)15/h5-7,16H,15H2,1-4H3. The van der Waals surface area contributed by atoms with Crippen LogP contribution in [0.1, 0.15) is 27.7 Å². The molecule has 0 bridgehead atoms. The maximum Gasteiger partial charge on any atom is 0.151 e. The molecule has 1 rings (SSSR count). The molecule has 0 radical (unpaired) electrons. The minimum atomic E-state index is -0.733. The van der Waals surface area contributed by atoms with Crippen molar-refractivity contribution in [1.82, 2.24) is 0 Å². The lowest BCUT2D eigenvalue weighted by Crippen LogP contribution is -2.31. The molecule has 0 aliphatic rings. The van der Waals surface area contributed by atoms with Crippen LogP contribution in [0.25, 0.3) is 0 Å². The van der Waals surface area contributed by atoms with E-state index in [-0.39, 0.29) is 17.1 Å². The Morgan fingerprint density at radius 1 is 1.25 bits per heavy atom. The fourth-order valence-electron chi connectivity index (χ4n) is 1.15. The van der Waals surface area contributed by atoms with Gasteiger partial charge in [-0.3, -0.25) is 0 Å². The van der Waals surface area contributed by atoms with Crippen molar-refractivity contribution < 1.29 is 8.78 Å². The van der Waals surface area contributed by atoms with Crippen LogP contribution in [0, 0.1) is 17.0 Å². The number of rotatable bonds is 2. The van der Waals surface area contributed by atoms with Crippen LogP contribution >= 0.6 is 0 Å². The fraction of sp³-hybridized carbons (Fsp3) is 0.500. The van der Waals surface area contributed by atoms with Crippen LogP contribution < -0.4 is 11.1 Å². The Bertz CT molecular complexity index is 383. The van der Waals surface area contributed by atoms with Crippen LogP contribution in [0.5, 0.6) is 0 Å². The zero-order chi connectivity index (χ0) is 12.5. The van der Waals surface area contributed by atoms with Crippen molar-refractivity contribution >= 4 is 11.4 Å². The predicted octanol–water partition coefficient (Wildman–Crippen LogP) is 3.39. The van der Waals surface area contributed by atoms with Crippen LogP contribution in [0.4, 0.5) is 20.2 Å². The van der Waals surface area contributed by atoms with E-state index in [0.29, 0.717) is 5.69 Å². The summed E-state index contributed by atoms with van der Waals surface area (Å²) in [5, 5.41) is 3.03. The molecule has 0 aliphatic carbocycles. The predicted molar refractivity (Wildman–Crippen MR) is 63.3 cm³/mol. The van der Waals surface area contributed by atoms with Crippen molar-refractivity contribution in [2.45, 2.75) is 33.7 Å². The number of halogens is 2. The molecule has 90 valence electrons. The Morgan fingerprint density at radius 3 is 2.31 bits per heavy atom. The summed E-state index contributed by atoms with van der Waals surface area (Å²) in [6.07, 6.45) is 0. The molecule has 0 spiro atoms. The largest absolute Gasteiger partial charge is 0.395 e. The first kappa shape index (κ1) is 12.7. The molecule has 0 aliphatic heterocycles. The third kappa shape index (κ3) is 2.84. The molecule has 0 fully saturated rings. The van der Waals surface area contributed by atoms with Crippen molar-refractivity contribution in [2.75, 3.05) is 11.1 Å².